The van der Waals surface area contributed by atoms with Gasteiger partial charge in [0.25, 0.3) is 0 Å². The van der Waals surface area contributed by atoms with Crippen molar-refractivity contribution >= 4 is 28.2 Å². The Bertz CT molecular complexity index is 1240. The van der Waals surface area contributed by atoms with Crippen LogP contribution in [0.25, 0.3) is 10.9 Å². The van der Waals surface area contributed by atoms with Crippen LogP contribution in [0, 0.1) is 11.6 Å². The third-order valence-electron chi connectivity index (χ3n) is 7.65. The summed E-state index contributed by atoms with van der Waals surface area (Å²) in [5.74, 6) is -1.27. The molecule has 0 bridgehead atoms. The van der Waals surface area contributed by atoms with Crippen LogP contribution in [0.5, 0.6) is 0 Å². The summed E-state index contributed by atoms with van der Waals surface area (Å²) in [6.07, 6.45) is 1.19. The molecule has 3 N–H and O–H groups in total. The molecule has 0 amide bonds. The summed E-state index contributed by atoms with van der Waals surface area (Å²) in [6, 6.07) is 9.87. The van der Waals surface area contributed by atoms with Crippen LogP contribution >= 0.6 is 11.6 Å². The van der Waals surface area contributed by atoms with Gasteiger partial charge in [-0.25, -0.2) is 8.78 Å². The normalized spacial score (nSPS) is 22.6. The number of halogens is 4. The van der Waals surface area contributed by atoms with Crippen LogP contribution < -0.4 is 5.32 Å². The van der Waals surface area contributed by atoms with Gasteiger partial charge in [-0.15, -0.1) is 11.6 Å². The summed E-state index contributed by atoms with van der Waals surface area (Å²) in [7, 11) is 0. The Balaban J connectivity index is 1.50. The van der Waals surface area contributed by atoms with Crippen LogP contribution in [0.2, 0.25) is 0 Å². The quantitative estimate of drug-likeness (QED) is 0.329. The molecule has 0 aliphatic carbocycles. The Morgan fingerprint density at radius 1 is 1.19 bits per heavy atom. The number of para-hydroxylation sites is 1. The van der Waals surface area contributed by atoms with E-state index in [0.29, 0.717) is 38.2 Å². The Morgan fingerprint density at radius 2 is 1.89 bits per heavy atom. The van der Waals surface area contributed by atoms with Gasteiger partial charge in [0.15, 0.2) is 0 Å². The van der Waals surface area contributed by atoms with Gasteiger partial charge in [-0.3, -0.25) is 14.2 Å². The molecule has 0 radical (unpaired) electrons. The molecule has 2 aliphatic rings. The number of rotatable bonds is 9. The van der Waals surface area contributed by atoms with Gasteiger partial charge in [-0.1, -0.05) is 18.2 Å². The number of nitrogens with one attached hydrogen (secondary N) is 2. The van der Waals surface area contributed by atoms with E-state index in [1.807, 2.05) is 36.1 Å². The molecular weight excluding hydrogens is 501 g/mol. The summed E-state index contributed by atoms with van der Waals surface area (Å²) in [6.45, 7) is 5.52. The van der Waals surface area contributed by atoms with Gasteiger partial charge >= 0.3 is 0 Å². The van der Waals surface area contributed by atoms with Gasteiger partial charge < -0.3 is 15.4 Å². The summed E-state index contributed by atoms with van der Waals surface area (Å²) in [5.41, 5.74) is 3.08. The molecule has 37 heavy (non-hydrogen) atoms. The number of aliphatic hydroxyl groups excluding tert-OH is 1. The molecule has 1 fully saturated rings. The molecule has 2 aliphatic heterocycles. The zero-order valence-corrected chi connectivity index (χ0v) is 22.0. The minimum atomic E-state index is -0.970. The predicted molar refractivity (Wildman–Crippen MR) is 142 cm³/mol. The van der Waals surface area contributed by atoms with E-state index in [9.17, 15) is 9.50 Å². The lowest BCUT2D eigenvalue weighted by Gasteiger charge is -2.44. The number of hydrogen-bond acceptors (Lipinski definition) is 4. The summed E-state index contributed by atoms with van der Waals surface area (Å²) in [5, 5.41) is 14.1. The van der Waals surface area contributed by atoms with Gasteiger partial charge in [0.2, 0.25) is 0 Å². The number of aromatic nitrogens is 1. The highest BCUT2D eigenvalue weighted by molar-refractivity contribution is 6.24. The van der Waals surface area contributed by atoms with Crippen LogP contribution in [0.15, 0.2) is 36.4 Å². The molecule has 0 saturated carbocycles. The van der Waals surface area contributed by atoms with Gasteiger partial charge in [0, 0.05) is 60.1 Å². The number of likely N-dealkylation sites (tertiary alicyclic amines) is 1. The lowest BCUT2D eigenvalue weighted by Crippen LogP contribution is -2.54. The van der Waals surface area contributed by atoms with Crippen LogP contribution in [0.3, 0.4) is 0 Å². The molecule has 0 spiro atoms. The molecule has 5 nitrogen and oxygen atoms in total. The second-order valence-electron chi connectivity index (χ2n) is 10.8. The second kappa shape index (κ2) is 10.5. The van der Waals surface area contributed by atoms with Crippen molar-refractivity contribution in [3.05, 3.63) is 64.9 Å². The highest BCUT2D eigenvalue weighted by atomic mass is 35.5. The first-order valence-corrected chi connectivity index (χ1v) is 13.3. The number of aromatic amines is 1. The lowest BCUT2D eigenvalue weighted by molar-refractivity contribution is 0.110. The number of hydrogen-bond donors (Lipinski definition) is 3. The number of alkyl halides is 2. The molecule has 3 atom stereocenters. The maximum absolute atomic E-state index is 15.8. The van der Waals surface area contributed by atoms with Crippen molar-refractivity contribution in [1.82, 2.24) is 14.8 Å². The number of nitrogens with zero attached hydrogens (tertiary/aromatic N) is 2. The number of aliphatic hydroxyl groups is 1. The topological polar surface area (TPSA) is 54.5 Å². The van der Waals surface area contributed by atoms with E-state index in [0.717, 1.165) is 22.2 Å². The molecule has 0 unspecified atom stereocenters. The molecule has 2 aromatic carbocycles. The maximum Gasteiger partial charge on any atom is 0.133 e. The predicted octanol–water partition coefficient (Wildman–Crippen LogP) is 5.23. The second-order valence-corrected chi connectivity index (χ2v) is 11.7. The molecule has 3 aromatic rings. The first-order chi connectivity index (χ1) is 17.7. The molecule has 1 saturated heterocycles. The highest BCUT2D eigenvalue weighted by Crippen LogP contribution is 2.43. The van der Waals surface area contributed by atoms with Gasteiger partial charge in [0.1, 0.15) is 11.6 Å². The van der Waals surface area contributed by atoms with E-state index in [1.165, 1.54) is 12.1 Å². The average molecular weight is 535 g/mol. The first kappa shape index (κ1) is 26.4. The van der Waals surface area contributed by atoms with Crippen molar-refractivity contribution in [3.8, 4) is 0 Å². The number of fused-ring (bicyclic) bond motifs is 3. The Kier molecular flexibility index (Phi) is 7.47. The lowest BCUT2D eigenvalue weighted by atomic mass is 9.87. The summed E-state index contributed by atoms with van der Waals surface area (Å²) >= 11 is 6.58. The fourth-order valence-electron chi connectivity index (χ4n) is 5.79. The van der Waals surface area contributed by atoms with Crippen molar-refractivity contribution in [2.24, 2.45) is 0 Å². The Morgan fingerprint density at radius 3 is 2.57 bits per heavy atom. The van der Waals surface area contributed by atoms with Crippen molar-refractivity contribution < 1.29 is 18.3 Å². The minimum absolute atomic E-state index is 0.0338. The molecule has 200 valence electrons. The Hall–Kier alpha value is -2.26. The molecule has 1 aromatic heterocycles. The largest absolute Gasteiger partial charge is 0.395 e. The van der Waals surface area contributed by atoms with Crippen molar-refractivity contribution in [2.75, 3.05) is 44.8 Å². The van der Waals surface area contributed by atoms with Gasteiger partial charge in [-0.2, -0.15) is 0 Å². The van der Waals surface area contributed by atoms with E-state index in [2.05, 4.69) is 15.2 Å². The smallest absolute Gasteiger partial charge is 0.133 e. The van der Waals surface area contributed by atoms with E-state index in [1.54, 1.807) is 6.92 Å². The van der Waals surface area contributed by atoms with Crippen LogP contribution in [-0.2, 0) is 6.42 Å². The van der Waals surface area contributed by atoms with Crippen molar-refractivity contribution in [3.63, 3.8) is 0 Å². The third-order valence-corrected chi connectivity index (χ3v) is 7.89. The van der Waals surface area contributed by atoms with E-state index in [4.69, 9.17) is 11.6 Å². The van der Waals surface area contributed by atoms with E-state index < -0.39 is 22.6 Å². The standard InChI is InChI=1S/C28H34ClF3N4O/c1-17-10-21-20-6-3-4-7-24(20)34-26(21)27(36(17)15-28(2,29)16-37)25-22(31)11-18(12-23(25)32)33-19-13-35(14-19)9-5-8-30/h3-4,6-7,11-12,17,19,27,33-34,37H,5,8-10,13-16H2,1-2H3/t17-,27-,28-/m1/s1. The molecule has 9 heteroatoms. The zero-order chi connectivity index (χ0) is 26.3. The minimum Gasteiger partial charge on any atom is -0.395 e. The van der Waals surface area contributed by atoms with Crippen LogP contribution in [0.1, 0.15) is 43.1 Å². The van der Waals surface area contributed by atoms with Gasteiger partial charge in [0.05, 0.1) is 30.2 Å². The average Bonchev–Trinajstić information content (AvgIpc) is 3.19. The SMILES string of the molecule is C[C@@H]1Cc2c([nH]c3ccccc23)[C@@H](c2c(F)cc(NC3CN(CCCF)C3)cc2F)N1C[C@@](C)(Cl)CO. The fraction of sp³-hybridized carbons (Fsp3) is 0.500. The summed E-state index contributed by atoms with van der Waals surface area (Å²) < 4.78 is 44.0. The Labute approximate surface area is 220 Å². The first-order valence-electron chi connectivity index (χ1n) is 12.9. The van der Waals surface area contributed by atoms with Gasteiger partial charge in [-0.05, 0) is 50.5 Å². The zero-order valence-electron chi connectivity index (χ0n) is 21.2. The van der Waals surface area contributed by atoms with Crippen molar-refractivity contribution in [2.45, 2.75) is 49.7 Å². The summed E-state index contributed by atoms with van der Waals surface area (Å²) in [4.78, 5) is 6.56. The monoisotopic (exact) mass is 534 g/mol. The van der Waals surface area contributed by atoms with E-state index >= 15 is 8.78 Å². The van der Waals surface area contributed by atoms with Crippen LogP contribution in [-0.4, -0.2) is 76.3 Å². The van der Waals surface area contributed by atoms with E-state index in [-0.39, 0.29) is 37.5 Å². The maximum atomic E-state index is 15.8. The number of anilines is 1. The fourth-order valence-corrected chi connectivity index (χ4v) is 5.92. The highest BCUT2D eigenvalue weighted by Gasteiger charge is 2.41. The van der Waals surface area contributed by atoms with Crippen molar-refractivity contribution in [1.29, 1.82) is 0 Å². The molecular formula is C28H34ClF3N4O. The third kappa shape index (κ3) is 5.21. The van der Waals surface area contributed by atoms with Crippen LogP contribution in [0.4, 0.5) is 18.9 Å². The molecule has 5 rings (SSSR count). The molecule has 3 heterocycles. The number of H-pyrrole nitrogens is 1. The number of benzene rings is 2.